The lowest BCUT2D eigenvalue weighted by atomic mass is 10.2. The van der Waals surface area contributed by atoms with Crippen LogP contribution in [0.25, 0.3) is 0 Å². The number of nitrogens with zero attached hydrogens (tertiary/aromatic N) is 2. The molecular formula is C12H16N2. The van der Waals surface area contributed by atoms with Crippen molar-refractivity contribution < 1.29 is 0 Å². The summed E-state index contributed by atoms with van der Waals surface area (Å²) in [5.41, 5.74) is 2.33. The van der Waals surface area contributed by atoms with Crippen LogP contribution in [-0.4, -0.2) is 24.3 Å². The van der Waals surface area contributed by atoms with Gasteiger partial charge in [0, 0.05) is 13.1 Å². The zero-order valence-corrected chi connectivity index (χ0v) is 8.61. The molecule has 0 saturated carbocycles. The Bertz CT molecular complexity index is 308. The van der Waals surface area contributed by atoms with E-state index in [1.165, 1.54) is 18.4 Å². The Hall–Kier alpha value is -1.31. The molecule has 1 aliphatic rings. The Kier molecular flexibility index (Phi) is 2.82. The number of hydrogen-bond acceptors (Lipinski definition) is 1. The maximum atomic E-state index is 4.43. The van der Waals surface area contributed by atoms with Crippen molar-refractivity contribution in [1.29, 1.82) is 0 Å². The van der Waals surface area contributed by atoms with Gasteiger partial charge >= 0.3 is 0 Å². The quantitative estimate of drug-likeness (QED) is 0.514. The van der Waals surface area contributed by atoms with Crippen LogP contribution in [-0.2, 0) is 0 Å². The van der Waals surface area contributed by atoms with Crippen LogP contribution in [0.1, 0.15) is 18.4 Å². The standard InChI is InChI=1S/C12H16N2/c1-11-4-6-12(7-5-11)13-10-14-8-2-3-9-14/h4-7,10H,2-3,8-9H2,1H3. The van der Waals surface area contributed by atoms with Gasteiger partial charge in [0.05, 0.1) is 12.0 Å². The van der Waals surface area contributed by atoms with Crippen LogP contribution in [0.5, 0.6) is 0 Å². The molecule has 0 atom stereocenters. The molecule has 0 radical (unpaired) electrons. The molecule has 1 fully saturated rings. The van der Waals surface area contributed by atoms with E-state index in [4.69, 9.17) is 0 Å². The van der Waals surface area contributed by atoms with E-state index in [0.717, 1.165) is 18.8 Å². The minimum atomic E-state index is 1.04. The highest BCUT2D eigenvalue weighted by molar-refractivity contribution is 5.61. The van der Waals surface area contributed by atoms with Crippen LogP contribution in [0.2, 0.25) is 0 Å². The molecule has 1 saturated heterocycles. The topological polar surface area (TPSA) is 15.6 Å². The predicted molar refractivity (Wildman–Crippen MR) is 60.1 cm³/mol. The van der Waals surface area contributed by atoms with Crippen LogP contribution in [0.3, 0.4) is 0 Å². The summed E-state index contributed by atoms with van der Waals surface area (Å²) in [6.45, 7) is 4.42. The fourth-order valence-electron chi connectivity index (χ4n) is 1.64. The Morgan fingerprint density at radius 3 is 2.43 bits per heavy atom. The van der Waals surface area contributed by atoms with Gasteiger partial charge in [0.25, 0.3) is 0 Å². The monoisotopic (exact) mass is 188 g/mol. The first-order valence-electron chi connectivity index (χ1n) is 5.19. The van der Waals surface area contributed by atoms with Crippen molar-refractivity contribution in [2.24, 2.45) is 4.99 Å². The highest BCUT2D eigenvalue weighted by Crippen LogP contribution is 2.12. The highest BCUT2D eigenvalue weighted by atomic mass is 15.2. The first-order chi connectivity index (χ1) is 6.84. The fourth-order valence-corrected chi connectivity index (χ4v) is 1.64. The summed E-state index contributed by atoms with van der Waals surface area (Å²) in [7, 11) is 0. The van der Waals surface area contributed by atoms with E-state index in [2.05, 4.69) is 41.1 Å². The van der Waals surface area contributed by atoms with E-state index >= 15 is 0 Å². The zero-order valence-electron chi connectivity index (χ0n) is 8.61. The van der Waals surface area contributed by atoms with Crippen LogP contribution in [0.15, 0.2) is 29.3 Å². The molecule has 2 rings (SSSR count). The van der Waals surface area contributed by atoms with E-state index in [-0.39, 0.29) is 0 Å². The van der Waals surface area contributed by atoms with Gasteiger partial charge < -0.3 is 4.90 Å². The molecule has 0 unspecified atom stereocenters. The van der Waals surface area contributed by atoms with Crippen LogP contribution >= 0.6 is 0 Å². The van der Waals surface area contributed by atoms with Gasteiger partial charge in [-0.25, -0.2) is 4.99 Å². The van der Waals surface area contributed by atoms with Gasteiger partial charge in [-0.15, -0.1) is 0 Å². The summed E-state index contributed by atoms with van der Waals surface area (Å²) >= 11 is 0. The number of aliphatic imine (C=N–C) groups is 1. The summed E-state index contributed by atoms with van der Waals surface area (Å²) in [6, 6.07) is 8.30. The van der Waals surface area contributed by atoms with Crippen molar-refractivity contribution in [2.75, 3.05) is 13.1 Å². The molecule has 0 aliphatic carbocycles. The van der Waals surface area contributed by atoms with Gasteiger partial charge in [-0.2, -0.15) is 0 Å². The average Bonchev–Trinajstić information content (AvgIpc) is 2.70. The summed E-state index contributed by atoms with van der Waals surface area (Å²) in [5, 5.41) is 0. The van der Waals surface area contributed by atoms with E-state index in [9.17, 15) is 0 Å². The number of hydrogen-bond donors (Lipinski definition) is 0. The van der Waals surface area contributed by atoms with Gasteiger partial charge in [0.1, 0.15) is 0 Å². The van der Waals surface area contributed by atoms with Crippen LogP contribution in [0, 0.1) is 6.92 Å². The number of likely N-dealkylation sites (tertiary alicyclic amines) is 1. The highest BCUT2D eigenvalue weighted by Gasteiger charge is 2.06. The third-order valence-electron chi connectivity index (χ3n) is 2.54. The lowest BCUT2D eigenvalue weighted by molar-refractivity contribution is 0.536. The van der Waals surface area contributed by atoms with Gasteiger partial charge in [-0.3, -0.25) is 0 Å². The molecule has 14 heavy (non-hydrogen) atoms. The molecule has 0 N–H and O–H groups in total. The second-order valence-corrected chi connectivity index (χ2v) is 3.82. The molecule has 1 aliphatic heterocycles. The zero-order chi connectivity index (χ0) is 9.80. The van der Waals surface area contributed by atoms with Crippen molar-refractivity contribution in [1.82, 2.24) is 4.90 Å². The molecule has 0 spiro atoms. The van der Waals surface area contributed by atoms with Gasteiger partial charge in [-0.05, 0) is 31.9 Å². The van der Waals surface area contributed by atoms with Gasteiger partial charge in [-0.1, -0.05) is 17.7 Å². The maximum absolute atomic E-state index is 4.43. The first-order valence-corrected chi connectivity index (χ1v) is 5.19. The van der Waals surface area contributed by atoms with E-state index in [0.29, 0.717) is 0 Å². The fraction of sp³-hybridized carbons (Fsp3) is 0.417. The van der Waals surface area contributed by atoms with Crippen LogP contribution < -0.4 is 0 Å². The summed E-state index contributed by atoms with van der Waals surface area (Å²) in [4.78, 5) is 6.71. The molecule has 2 heteroatoms. The summed E-state index contributed by atoms with van der Waals surface area (Å²) in [5.74, 6) is 0. The number of aryl methyl sites for hydroxylation is 1. The summed E-state index contributed by atoms with van der Waals surface area (Å²) < 4.78 is 0. The van der Waals surface area contributed by atoms with Crippen molar-refractivity contribution >= 4 is 12.0 Å². The Balaban J connectivity index is 1.99. The molecule has 1 heterocycles. The third kappa shape index (κ3) is 2.34. The van der Waals surface area contributed by atoms with E-state index < -0.39 is 0 Å². The van der Waals surface area contributed by atoms with Crippen molar-refractivity contribution in [3.63, 3.8) is 0 Å². The number of rotatable bonds is 2. The van der Waals surface area contributed by atoms with Gasteiger partial charge in [0.15, 0.2) is 0 Å². The SMILES string of the molecule is Cc1ccc(N=CN2CCCC2)cc1. The molecular weight excluding hydrogens is 172 g/mol. The van der Waals surface area contributed by atoms with Crippen molar-refractivity contribution in [2.45, 2.75) is 19.8 Å². The molecule has 0 aromatic heterocycles. The lowest BCUT2D eigenvalue weighted by Gasteiger charge is -2.08. The smallest absolute Gasteiger partial charge is 0.0912 e. The van der Waals surface area contributed by atoms with E-state index in [1.54, 1.807) is 0 Å². The second kappa shape index (κ2) is 4.27. The minimum absolute atomic E-state index is 1.04. The van der Waals surface area contributed by atoms with Gasteiger partial charge in [0.2, 0.25) is 0 Å². The number of benzene rings is 1. The second-order valence-electron chi connectivity index (χ2n) is 3.82. The lowest BCUT2D eigenvalue weighted by Crippen LogP contribution is -2.15. The maximum Gasteiger partial charge on any atom is 0.0912 e. The Morgan fingerprint density at radius 1 is 1.14 bits per heavy atom. The largest absolute Gasteiger partial charge is 0.363 e. The van der Waals surface area contributed by atoms with Crippen LogP contribution in [0.4, 0.5) is 5.69 Å². The van der Waals surface area contributed by atoms with E-state index in [1.807, 2.05) is 6.34 Å². The molecule has 74 valence electrons. The predicted octanol–water partition coefficient (Wildman–Crippen LogP) is 2.75. The van der Waals surface area contributed by atoms with Crippen molar-refractivity contribution in [3.8, 4) is 0 Å². The van der Waals surface area contributed by atoms with Crippen molar-refractivity contribution in [3.05, 3.63) is 29.8 Å². The third-order valence-corrected chi connectivity index (χ3v) is 2.54. The Morgan fingerprint density at radius 2 is 1.79 bits per heavy atom. The minimum Gasteiger partial charge on any atom is -0.363 e. The molecule has 0 amide bonds. The molecule has 1 aromatic rings. The average molecular weight is 188 g/mol. The molecule has 2 nitrogen and oxygen atoms in total. The molecule has 1 aromatic carbocycles. The summed E-state index contributed by atoms with van der Waals surface area (Å²) in [6.07, 6.45) is 4.58. The molecule has 0 bridgehead atoms. The first kappa shape index (κ1) is 9.25. The Labute approximate surface area is 85.3 Å². The normalized spacial score (nSPS) is 16.8.